The lowest BCUT2D eigenvalue weighted by Gasteiger charge is -2.21. The Morgan fingerprint density at radius 3 is 2.75 bits per heavy atom. The molecule has 3 N–H and O–H groups in total. The molecule has 0 aliphatic carbocycles. The maximum atomic E-state index is 11.7. The van der Waals surface area contributed by atoms with Crippen LogP contribution in [-0.4, -0.2) is 16.1 Å². The van der Waals surface area contributed by atoms with E-state index in [1.165, 1.54) is 0 Å². The van der Waals surface area contributed by atoms with Crippen molar-refractivity contribution in [2.24, 2.45) is 11.1 Å². The Balaban J connectivity index is 2.56. The molecule has 88 valence electrons. The average molecular weight is 241 g/mol. The highest BCUT2D eigenvalue weighted by Gasteiger charge is 2.30. The standard InChI is InChI=1S/C10H15N3O2S/c1-6-4-7(13-15-6)5-12-9(14)10(2,3)8(11)16/h4H,5H2,1-3H3,(H2,11,16)(H,12,14). The number of rotatable bonds is 4. The van der Waals surface area contributed by atoms with Crippen molar-refractivity contribution in [1.29, 1.82) is 0 Å². The highest BCUT2D eigenvalue weighted by atomic mass is 32.1. The van der Waals surface area contributed by atoms with Crippen molar-refractivity contribution >= 4 is 23.1 Å². The van der Waals surface area contributed by atoms with Crippen molar-refractivity contribution < 1.29 is 9.32 Å². The fourth-order valence-electron chi connectivity index (χ4n) is 1.00. The molecule has 1 aromatic heterocycles. The van der Waals surface area contributed by atoms with Crippen LogP contribution in [0.15, 0.2) is 10.6 Å². The van der Waals surface area contributed by atoms with Crippen LogP contribution in [-0.2, 0) is 11.3 Å². The van der Waals surface area contributed by atoms with E-state index in [4.69, 9.17) is 22.5 Å². The Labute approximate surface area is 99.4 Å². The second-order valence-electron chi connectivity index (χ2n) is 4.10. The summed E-state index contributed by atoms with van der Waals surface area (Å²) in [6, 6.07) is 1.76. The fraction of sp³-hybridized carbons (Fsp3) is 0.500. The first-order chi connectivity index (χ1) is 7.34. The molecule has 1 rings (SSSR count). The molecule has 0 radical (unpaired) electrons. The molecule has 0 spiro atoms. The van der Waals surface area contributed by atoms with Gasteiger partial charge in [-0.25, -0.2) is 0 Å². The zero-order chi connectivity index (χ0) is 12.3. The summed E-state index contributed by atoms with van der Waals surface area (Å²) in [5, 5.41) is 6.47. The molecule has 0 fully saturated rings. The maximum absolute atomic E-state index is 11.7. The Morgan fingerprint density at radius 1 is 1.69 bits per heavy atom. The number of thiocarbonyl (C=S) groups is 1. The Morgan fingerprint density at radius 2 is 2.31 bits per heavy atom. The van der Waals surface area contributed by atoms with Crippen LogP contribution in [0.3, 0.4) is 0 Å². The van der Waals surface area contributed by atoms with E-state index < -0.39 is 5.41 Å². The van der Waals surface area contributed by atoms with E-state index in [-0.39, 0.29) is 10.9 Å². The first-order valence-electron chi connectivity index (χ1n) is 4.84. The zero-order valence-electron chi connectivity index (χ0n) is 9.53. The number of aromatic nitrogens is 1. The number of amides is 1. The Bertz CT molecular complexity index is 412. The van der Waals surface area contributed by atoms with Crippen LogP contribution >= 0.6 is 12.2 Å². The first kappa shape index (κ1) is 12.6. The van der Waals surface area contributed by atoms with Gasteiger partial charge in [0, 0.05) is 6.07 Å². The number of nitrogens with zero attached hydrogens (tertiary/aromatic N) is 1. The summed E-state index contributed by atoms with van der Waals surface area (Å²) in [5.41, 5.74) is 5.30. The van der Waals surface area contributed by atoms with Gasteiger partial charge in [0.1, 0.15) is 11.5 Å². The molecule has 0 saturated carbocycles. The highest BCUT2D eigenvalue weighted by Crippen LogP contribution is 2.15. The second kappa shape index (κ2) is 4.61. The summed E-state index contributed by atoms with van der Waals surface area (Å²) in [5.74, 6) is 0.485. The van der Waals surface area contributed by atoms with E-state index >= 15 is 0 Å². The quantitative estimate of drug-likeness (QED) is 0.766. The largest absolute Gasteiger partial charge is 0.392 e. The van der Waals surface area contributed by atoms with Gasteiger partial charge in [-0.05, 0) is 20.8 Å². The van der Waals surface area contributed by atoms with E-state index in [1.54, 1.807) is 26.8 Å². The SMILES string of the molecule is Cc1cc(CNC(=O)C(C)(C)C(N)=S)no1. The molecule has 0 unspecified atom stereocenters. The number of hydrogen-bond acceptors (Lipinski definition) is 4. The van der Waals surface area contributed by atoms with E-state index in [1.807, 2.05) is 0 Å². The number of nitrogens with one attached hydrogen (secondary N) is 1. The van der Waals surface area contributed by atoms with Crippen molar-refractivity contribution in [3.63, 3.8) is 0 Å². The minimum atomic E-state index is -0.853. The lowest BCUT2D eigenvalue weighted by molar-refractivity contribution is -0.126. The zero-order valence-corrected chi connectivity index (χ0v) is 10.4. The van der Waals surface area contributed by atoms with Gasteiger partial charge in [0.2, 0.25) is 5.91 Å². The Kier molecular flexibility index (Phi) is 3.64. The number of aryl methyl sites for hydroxylation is 1. The third-order valence-corrected chi connectivity index (χ3v) is 2.80. The minimum absolute atomic E-state index is 0.168. The summed E-state index contributed by atoms with van der Waals surface area (Å²) in [4.78, 5) is 11.9. The van der Waals surface area contributed by atoms with E-state index in [9.17, 15) is 4.79 Å². The lowest BCUT2D eigenvalue weighted by atomic mass is 9.92. The monoisotopic (exact) mass is 241 g/mol. The maximum Gasteiger partial charge on any atom is 0.232 e. The molecular weight excluding hydrogens is 226 g/mol. The van der Waals surface area contributed by atoms with Crippen LogP contribution < -0.4 is 11.1 Å². The average Bonchev–Trinajstić information content (AvgIpc) is 2.60. The van der Waals surface area contributed by atoms with Crippen molar-refractivity contribution in [3.8, 4) is 0 Å². The van der Waals surface area contributed by atoms with Gasteiger partial charge < -0.3 is 15.6 Å². The van der Waals surface area contributed by atoms with Gasteiger partial charge in [0.15, 0.2) is 0 Å². The molecule has 1 amide bonds. The Hall–Kier alpha value is -1.43. The fourth-order valence-corrected chi connectivity index (χ4v) is 1.10. The van der Waals surface area contributed by atoms with Gasteiger partial charge >= 0.3 is 0 Å². The molecular formula is C10H15N3O2S. The molecule has 16 heavy (non-hydrogen) atoms. The molecule has 6 heteroatoms. The lowest BCUT2D eigenvalue weighted by Crippen LogP contribution is -2.44. The normalized spacial score (nSPS) is 11.2. The second-order valence-corrected chi connectivity index (χ2v) is 4.54. The summed E-state index contributed by atoms with van der Waals surface area (Å²) in [7, 11) is 0. The summed E-state index contributed by atoms with van der Waals surface area (Å²) >= 11 is 4.83. The number of nitrogens with two attached hydrogens (primary N) is 1. The van der Waals surface area contributed by atoms with Crippen LogP contribution in [0, 0.1) is 12.3 Å². The van der Waals surface area contributed by atoms with Crippen LogP contribution in [0.1, 0.15) is 25.3 Å². The van der Waals surface area contributed by atoms with Crippen LogP contribution in [0.5, 0.6) is 0 Å². The predicted molar refractivity (Wildman–Crippen MR) is 63.7 cm³/mol. The number of carbonyl (C=O) groups is 1. The smallest absolute Gasteiger partial charge is 0.232 e. The first-order valence-corrected chi connectivity index (χ1v) is 5.25. The molecule has 0 aliphatic heterocycles. The van der Waals surface area contributed by atoms with Crippen LogP contribution in [0.25, 0.3) is 0 Å². The molecule has 0 aliphatic rings. The van der Waals surface area contributed by atoms with E-state index in [0.29, 0.717) is 18.0 Å². The van der Waals surface area contributed by atoms with Crippen LogP contribution in [0.4, 0.5) is 0 Å². The molecule has 0 aromatic carbocycles. The molecule has 1 heterocycles. The number of hydrogen-bond donors (Lipinski definition) is 2. The molecule has 5 nitrogen and oxygen atoms in total. The molecule has 0 saturated heterocycles. The van der Waals surface area contributed by atoms with Gasteiger partial charge in [0.25, 0.3) is 0 Å². The van der Waals surface area contributed by atoms with Crippen molar-refractivity contribution in [3.05, 3.63) is 17.5 Å². The van der Waals surface area contributed by atoms with Crippen molar-refractivity contribution in [2.45, 2.75) is 27.3 Å². The topological polar surface area (TPSA) is 81.2 Å². The third-order valence-electron chi connectivity index (χ3n) is 2.29. The van der Waals surface area contributed by atoms with Crippen molar-refractivity contribution in [2.75, 3.05) is 0 Å². The molecule has 0 atom stereocenters. The summed E-state index contributed by atoms with van der Waals surface area (Å²) < 4.78 is 4.88. The van der Waals surface area contributed by atoms with Gasteiger partial charge in [-0.15, -0.1) is 0 Å². The predicted octanol–water partition coefficient (Wildman–Crippen LogP) is 0.912. The van der Waals surface area contributed by atoms with Gasteiger partial charge in [0.05, 0.1) is 16.9 Å². The summed E-state index contributed by atoms with van der Waals surface area (Å²) in [6.45, 7) is 5.46. The van der Waals surface area contributed by atoms with Gasteiger partial charge in [-0.1, -0.05) is 17.4 Å². The van der Waals surface area contributed by atoms with Gasteiger partial charge in [-0.2, -0.15) is 0 Å². The third kappa shape index (κ3) is 2.79. The van der Waals surface area contributed by atoms with Gasteiger partial charge in [-0.3, -0.25) is 4.79 Å². The minimum Gasteiger partial charge on any atom is -0.392 e. The van der Waals surface area contributed by atoms with E-state index in [0.717, 1.165) is 0 Å². The number of carbonyl (C=O) groups excluding carboxylic acids is 1. The van der Waals surface area contributed by atoms with Crippen molar-refractivity contribution in [1.82, 2.24) is 10.5 Å². The van der Waals surface area contributed by atoms with Crippen LogP contribution in [0.2, 0.25) is 0 Å². The highest BCUT2D eigenvalue weighted by molar-refractivity contribution is 7.80. The molecule has 1 aromatic rings. The summed E-state index contributed by atoms with van der Waals surface area (Å²) in [6.07, 6.45) is 0. The molecule has 0 bridgehead atoms. The van der Waals surface area contributed by atoms with E-state index in [2.05, 4.69) is 10.5 Å².